The highest BCUT2D eigenvalue weighted by Crippen LogP contribution is 2.29. The molecule has 2 aromatic carbocycles. The van der Waals surface area contributed by atoms with Crippen LogP contribution in [0.4, 0.5) is 10.5 Å². The number of hydrogen-bond acceptors (Lipinski definition) is 3. The molecule has 0 saturated carbocycles. The maximum absolute atomic E-state index is 12.0. The van der Waals surface area contributed by atoms with Gasteiger partial charge in [-0.05, 0) is 30.3 Å². The lowest BCUT2D eigenvalue weighted by Crippen LogP contribution is -2.36. The minimum Gasteiger partial charge on any atom is -0.497 e. The third kappa shape index (κ3) is 2.12. The molecular weight excluding hydrogens is 242 g/mol. The van der Waals surface area contributed by atoms with Crippen molar-refractivity contribution in [3.8, 4) is 11.5 Å². The average Bonchev–Trinajstić information content (AvgIpc) is 2.47. The van der Waals surface area contributed by atoms with Gasteiger partial charge < -0.3 is 9.47 Å². The van der Waals surface area contributed by atoms with Gasteiger partial charge >= 0.3 is 6.09 Å². The Kier molecular flexibility index (Phi) is 2.83. The summed E-state index contributed by atoms with van der Waals surface area (Å²) in [5.74, 6) is 1.40. The monoisotopic (exact) mass is 255 g/mol. The van der Waals surface area contributed by atoms with Crippen LogP contribution < -0.4 is 14.4 Å². The Bertz CT molecular complexity index is 607. The second kappa shape index (κ2) is 4.65. The number of carbonyl (C=O) groups is 1. The number of benzene rings is 2. The van der Waals surface area contributed by atoms with Crippen LogP contribution in [0.1, 0.15) is 5.56 Å². The zero-order chi connectivity index (χ0) is 13.2. The van der Waals surface area contributed by atoms with Crippen LogP contribution in [0.15, 0.2) is 48.5 Å². The number of nitrogens with zero attached hydrogens (tertiary/aromatic N) is 1. The van der Waals surface area contributed by atoms with E-state index in [9.17, 15) is 4.79 Å². The summed E-state index contributed by atoms with van der Waals surface area (Å²) in [7, 11) is 1.61. The molecule has 0 aliphatic carbocycles. The van der Waals surface area contributed by atoms with Gasteiger partial charge in [-0.25, -0.2) is 4.79 Å². The number of hydrogen-bond donors (Lipinski definition) is 0. The fourth-order valence-corrected chi connectivity index (χ4v) is 2.08. The zero-order valence-electron chi connectivity index (χ0n) is 10.5. The molecule has 0 bridgehead atoms. The highest BCUT2D eigenvalue weighted by Gasteiger charge is 2.25. The number of ether oxygens (including phenoxy) is 2. The Hall–Kier alpha value is -2.49. The van der Waals surface area contributed by atoms with E-state index in [1.165, 1.54) is 0 Å². The fraction of sp³-hybridized carbons (Fsp3) is 0.133. The van der Waals surface area contributed by atoms with Crippen LogP contribution in [0.5, 0.6) is 11.5 Å². The Balaban J connectivity index is 1.91. The van der Waals surface area contributed by atoms with Crippen molar-refractivity contribution in [2.24, 2.45) is 0 Å². The van der Waals surface area contributed by atoms with E-state index < -0.39 is 0 Å². The summed E-state index contributed by atoms with van der Waals surface area (Å²) >= 11 is 0. The van der Waals surface area contributed by atoms with Gasteiger partial charge in [-0.15, -0.1) is 0 Å². The van der Waals surface area contributed by atoms with Crippen molar-refractivity contribution < 1.29 is 14.3 Å². The molecule has 0 spiro atoms. The number of methoxy groups -OCH3 is 1. The number of carbonyl (C=O) groups excluding carboxylic acids is 1. The largest absolute Gasteiger partial charge is 0.497 e. The summed E-state index contributed by atoms with van der Waals surface area (Å²) in [6.07, 6.45) is -0.358. The van der Waals surface area contributed by atoms with E-state index in [1.54, 1.807) is 18.1 Å². The van der Waals surface area contributed by atoms with Crippen LogP contribution in [0.2, 0.25) is 0 Å². The van der Waals surface area contributed by atoms with Crippen molar-refractivity contribution in [3.63, 3.8) is 0 Å². The van der Waals surface area contributed by atoms with Crippen molar-refractivity contribution in [1.82, 2.24) is 0 Å². The maximum atomic E-state index is 12.0. The van der Waals surface area contributed by atoms with E-state index in [0.29, 0.717) is 12.3 Å². The second-order valence-electron chi connectivity index (χ2n) is 4.26. The average molecular weight is 255 g/mol. The van der Waals surface area contributed by atoms with Gasteiger partial charge in [-0.3, -0.25) is 4.90 Å². The predicted octanol–water partition coefficient (Wildman–Crippen LogP) is 3.21. The standard InChI is InChI=1S/C15H13NO3/c1-18-13-8-6-12(7-9-13)16-10-11-4-2-3-5-14(11)19-15(16)17/h2-9H,10H2,1H3. The Labute approximate surface area is 111 Å². The molecule has 2 aromatic rings. The van der Waals surface area contributed by atoms with Crippen LogP contribution in [0.3, 0.4) is 0 Å². The van der Waals surface area contributed by atoms with Crippen LogP contribution in [0.25, 0.3) is 0 Å². The van der Waals surface area contributed by atoms with E-state index in [2.05, 4.69) is 0 Å². The van der Waals surface area contributed by atoms with Crippen molar-refractivity contribution in [1.29, 1.82) is 0 Å². The molecule has 0 N–H and O–H groups in total. The highest BCUT2D eigenvalue weighted by atomic mass is 16.6. The molecule has 1 aliphatic rings. The lowest BCUT2D eigenvalue weighted by molar-refractivity contribution is 0.203. The fourth-order valence-electron chi connectivity index (χ4n) is 2.08. The molecule has 0 saturated heterocycles. The van der Waals surface area contributed by atoms with E-state index in [1.807, 2.05) is 42.5 Å². The molecule has 96 valence electrons. The summed E-state index contributed by atoms with van der Waals surface area (Å²) in [5.41, 5.74) is 1.79. The van der Waals surface area contributed by atoms with E-state index >= 15 is 0 Å². The topological polar surface area (TPSA) is 38.8 Å². The highest BCUT2D eigenvalue weighted by molar-refractivity contribution is 5.90. The third-order valence-electron chi connectivity index (χ3n) is 3.10. The van der Waals surface area contributed by atoms with Crippen molar-refractivity contribution in [2.75, 3.05) is 12.0 Å². The number of rotatable bonds is 2. The SMILES string of the molecule is COc1ccc(N2Cc3ccccc3OC2=O)cc1. The van der Waals surface area contributed by atoms with Gasteiger partial charge in [-0.1, -0.05) is 18.2 Å². The summed E-state index contributed by atoms with van der Waals surface area (Å²) in [6, 6.07) is 14.9. The smallest absolute Gasteiger partial charge is 0.420 e. The van der Waals surface area contributed by atoms with Crippen LogP contribution in [-0.4, -0.2) is 13.2 Å². The van der Waals surface area contributed by atoms with Gasteiger partial charge in [0.1, 0.15) is 11.5 Å². The first-order valence-electron chi connectivity index (χ1n) is 5.99. The third-order valence-corrected chi connectivity index (χ3v) is 3.10. The predicted molar refractivity (Wildman–Crippen MR) is 71.6 cm³/mol. The van der Waals surface area contributed by atoms with Gasteiger partial charge in [0.2, 0.25) is 0 Å². The first kappa shape index (κ1) is 11.6. The van der Waals surface area contributed by atoms with E-state index in [-0.39, 0.29) is 6.09 Å². The van der Waals surface area contributed by atoms with Crippen molar-refractivity contribution in [2.45, 2.75) is 6.54 Å². The van der Waals surface area contributed by atoms with Crippen LogP contribution >= 0.6 is 0 Å². The van der Waals surface area contributed by atoms with Gasteiger partial charge in [0.05, 0.1) is 13.7 Å². The molecule has 0 fully saturated rings. The molecule has 0 unspecified atom stereocenters. The molecule has 0 radical (unpaired) electrons. The van der Waals surface area contributed by atoms with E-state index in [4.69, 9.17) is 9.47 Å². The van der Waals surface area contributed by atoms with Gasteiger partial charge in [0, 0.05) is 11.3 Å². The van der Waals surface area contributed by atoms with Gasteiger partial charge in [0.25, 0.3) is 0 Å². The quantitative estimate of drug-likeness (QED) is 0.827. The van der Waals surface area contributed by atoms with Crippen LogP contribution in [-0.2, 0) is 6.54 Å². The molecule has 3 rings (SSSR count). The first-order chi connectivity index (χ1) is 9.28. The van der Waals surface area contributed by atoms with Gasteiger partial charge in [0.15, 0.2) is 0 Å². The first-order valence-corrected chi connectivity index (χ1v) is 5.99. The molecule has 4 nitrogen and oxygen atoms in total. The molecule has 1 heterocycles. The normalized spacial score (nSPS) is 13.7. The number of para-hydroxylation sites is 1. The molecule has 1 amide bonds. The lowest BCUT2D eigenvalue weighted by atomic mass is 10.1. The second-order valence-corrected chi connectivity index (χ2v) is 4.26. The minimum absolute atomic E-state index is 0.358. The summed E-state index contributed by atoms with van der Waals surface area (Å²) in [4.78, 5) is 13.6. The lowest BCUT2D eigenvalue weighted by Gasteiger charge is -2.27. The Morgan fingerprint density at radius 3 is 2.58 bits per heavy atom. The zero-order valence-corrected chi connectivity index (χ0v) is 10.5. The molecule has 0 atom stereocenters. The number of fused-ring (bicyclic) bond motifs is 1. The van der Waals surface area contributed by atoms with Gasteiger partial charge in [-0.2, -0.15) is 0 Å². The molecule has 4 heteroatoms. The number of amides is 1. The Morgan fingerprint density at radius 2 is 1.84 bits per heavy atom. The molecule has 19 heavy (non-hydrogen) atoms. The summed E-state index contributed by atoms with van der Waals surface area (Å²) in [5, 5.41) is 0. The maximum Gasteiger partial charge on any atom is 0.420 e. The summed E-state index contributed by atoms with van der Waals surface area (Å²) in [6.45, 7) is 0.515. The van der Waals surface area contributed by atoms with Crippen LogP contribution in [0, 0.1) is 0 Å². The Morgan fingerprint density at radius 1 is 1.11 bits per heavy atom. The van der Waals surface area contributed by atoms with Crippen molar-refractivity contribution >= 4 is 11.8 Å². The molecular formula is C15H13NO3. The number of anilines is 1. The molecule has 1 aliphatic heterocycles. The van der Waals surface area contributed by atoms with Crippen molar-refractivity contribution in [3.05, 3.63) is 54.1 Å². The van der Waals surface area contributed by atoms with E-state index in [0.717, 1.165) is 17.0 Å². The molecule has 0 aromatic heterocycles. The summed E-state index contributed by atoms with van der Waals surface area (Å²) < 4.78 is 10.4. The minimum atomic E-state index is -0.358.